The predicted molar refractivity (Wildman–Crippen MR) is 130 cm³/mol. The highest BCUT2D eigenvalue weighted by atomic mass is 32.2. The number of nitrogens with one attached hydrogen (secondary N) is 1. The Hall–Kier alpha value is -2.71. The molecule has 0 aromatic heterocycles. The summed E-state index contributed by atoms with van der Waals surface area (Å²) in [7, 11) is -2.46. The second kappa shape index (κ2) is 12.0. The summed E-state index contributed by atoms with van der Waals surface area (Å²) in [6.45, 7) is 7.46. The zero-order chi connectivity index (χ0) is 24.6. The lowest BCUT2D eigenvalue weighted by atomic mass is 10.1. The molecule has 180 valence electrons. The summed E-state index contributed by atoms with van der Waals surface area (Å²) < 4.78 is 27.0. The maximum atomic E-state index is 13.4. The Morgan fingerprint density at radius 1 is 0.970 bits per heavy atom. The first-order chi connectivity index (χ1) is 15.6. The van der Waals surface area contributed by atoms with Crippen molar-refractivity contribution in [1.29, 1.82) is 0 Å². The van der Waals surface area contributed by atoms with Crippen LogP contribution in [0.5, 0.6) is 0 Å². The molecule has 0 bridgehead atoms. The van der Waals surface area contributed by atoms with Gasteiger partial charge in [-0.2, -0.15) is 4.31 Å². The Balaban J connectivity index is 2.29. The summed E-state index contributed by atoms with van der Waals surface area (Å²) in [6, 6.07) is 15.1. The van der Waals surface area contributed by atoms with Crippen LogP contribution in [-0.4, -0.2) is 55.1 Å². The van der Waals surface area contributed by atoms with E-state index in [9.17, 15) is 18.0 Å². The Bertz CT molecular complexity index is 1020. The Labute approximate surface area is 197 Å². The molecule has 0 spiro atoms. The standard InChI is InChI=1S/C25H35N3O4S/c1-6-20(4)26-25(30)23(7-2)28(17-21-11-9-8-10-12-21)24(29)18-27(5)33(31,32)22-15-13-19(3)14-16-22/h8-16,20,23H,6-7,17-18H2,1-5H3,(H,26,30)/t20-,23-/m1/s1. The fraction of sp³-hybridized carbons (Fsp3) is 0.440. The Morgan fingerprint density at radius 3 is 2.12 bits per heavy atom. The molecule has 0 unspecified atom stereocenters. The van der Waals surface area contributed by atoms with E-state index in [2.05, 4.69) is 5.32 Å². The molecule has 2 aromatic rings. The fourth-order valence-electron chi connectivity index (χ4n) is 3.40. The van der Waals surface area contributed by atoms with E-state index in [1.165, 1.54) is 24.1 Å². The van der Waals surface area contributed by atoms with Crippen LogP contribution >= 0.6 is 0 Å². The van der Waals surface area contributed by atoms with Gasteiger partial charge >= 0.3 is 0 Å². The lowest BCUT2D eigenvalue weighted by Gasteiger charge is -2.32. The molecule has 0 radical (unpaired) electrons. The molecule has 1 N–H and O–H groups in total. The van der Waals surface area contributed by atoms with Crippen molar-refractivity contribution < 1.29 is 18.0 Å². The van der Waals surface area contributed by atoms with Crippen LogP contribution in [0.25, 0.3) is 0 Å². The van der Waals surface area contributed by atoms with Gasteiger partial charge in [0, 0.05) is 19.6 Å². The van der Waals surface area contributed by atoms with Gasteiger partial charge in [-0.25, -0.2) is 8.42 Å². The minimum Gasteiger partial charge on any atom is -0.352 e. The van der Waals surface area contributed by atoms with Gasteiger partial charge < -0.3 is 10.2 Å². The van der Waals surface area contributed by atoms with Crippen molar-refractivity contribution in [2.24, 2.45) is 0 Å². The molecule has 33 heavy (non-hydrogen) atoms. The van der Waals surface area contributed by atoms with Gasteiger partial charge in [0.25, 0.3) is 0 Å². The number of hydrogen-bond donors (Lipinski definition) is 1. The molecule has 7 nitrogen and oxygen atoms in total. The minimum atomic E-state index is -3.85. The first-order valence-corrected chi connectivity index (χ1v) is 12.7. The second-order valence-corrected chi connectivity index (χ2v) is 10.4. The van der Waals surface area contributed by atoms with E-state index in [4.69, 9.17) is 0 Å². The zero-order valence-corrected chi connectivity index (χ0v) is 20.9. The summed E-state index contributed by atoms with van der Waals surface area (Å²) in [4.78, 5) is 28.0. The van der Waals surface area contributed by atoms with Gasteiger partial charge in [0.2, 0.25) is 21.8 Å². The number of benzene rings is 2. The van der Waals surface area contributed by atoms with Gasteiger partial charge in [-0.05, 0) is 44.4 Å². The number of aryl methyl sites for hydroxylation is 1. The number of carbonyl (C=O) groups excluding carboxylic acids is 2. The van der Waals surface area contributed by atoms with Crippen molar-refractivity contribution in [1.82, 2.24) is 14.5 Å². The molecule has 0 heterocycles. The fourth-order valence-corrected chi connectivity index (χ4v) is 4.52. The third kappa shape index (κ3) is 7.14. The minimum absolute atomic E-state index is 0.0233. The van der Waals surface area contributed by atoms with Gasteiger partial charge in [-0.15, -0.1) is 0 Å². The average Bonchev–Trinajstić information content (AvgIpc) is 2.79. The molecule has 0 saturated heterocycles. The lowest BCUT2D eigenvalue weighted by molar-refractivity contribution is -0.141. The quantitative estimate of drug-likeness (QED) is 0.542. The normalized spacial score (nSPS) is 13.4. The third-order valence-electron chi connectivity index (χ3n) is 5.67. The van der Waals surface area contributed by atoms with Crippen molar-refractivity contribution in [3.63, 3.8) is 0 Å². The third-order valence-corrected chi connectivity index (χ3v) is 7.49. The van der Waals surface area contributed by atoms with Crippen LogP contribution < -0.4 is 5.32 Å². The molecule has 2 aromatic carbocycles. The van der Waals surface area contributed by atoms with Crippen molar-refractivity contribution in [2.75, 3.05) is 13.6 Å². The summed E-state index contributed by atoms with van der Waals surface area (Å²) >= 11 is 0. The van der Waals surface area contributed by atoms with Gasteiger partial charge in [0.15, 0.2) is 0 Å². The highest BCUT2D eigenvalue weighted by molar-refractivity contribution is 7.89. The first kappa shape index (κ1) is 26.5. The van der Waals surface area contributed by atoms with Crippen molar-refractivity contribution in [3.05, 3.63) is 65.7 Å². The van der Waals surface area contributed by atoms with Crippen LogP contribution in [0, 0.1) is 6.92 Å². The van der Waals surface area contributed by atoms with E-state index < -0.39 is 22.0 Å². The Kier molecular flexibility index (Phi) is 9.61. The van der Waals surface area contributed by atoms with E-state index in [1.54, 1.807) is 12.1 Å². The van der Waals surface area contributed by atoms with Crippen LogP contribution in [0.2, 0.25) is 0 Å². The molecule has 2 rings (SSSR count). The Morgan fingerprint density at radius 2 is 1.58 bits per heavy atom. The smallest absolute Gasteiger partial charge is 0.243 e. The van der Waals surface area contributed by atoms with E-state index in [0.29, 0.717) is 6.42 Å². The molecular formula is C25H35N3O4S. The molecule has 0 aliphatic heterocycles. The summed E-state index contributed by atoms with van der Waals surface area (Å²) in [5.74, 6) is -0.664. The maximum Gasteiger partial charge on any atom is 0.243 e. The number of rotatable bonds is 11. The number of amides is 2. The molecular weight excluding hydrogens is 438 g/mol. The molecule has 0 fully saturated rings. The number of likely N-dealkylation sites (N-methyl/N-ethyl adjacent to an activating group) is 1. The molecule has 8 heteroatoms. The highest BCUT2D eigenvalue weighted by Gasteiger charge is 2.32. The summed E-state index contributed by atoms with van der Waals surface area (Å²) in [5, 5.41) is 2.95. The summed E-state index contributed by atoms with van der Waals surface area (Å²) in [5.41, 5.74) is 1.81. The number of carbonyl (C=O) groups is 2. The van der Waals surface area contributed by atoms with Gasteiger partial charge in [0.05, 0.1) is 11.4 Å². The zero-order valence-electron chi connectivity index (χ0n) is 20.1. The van der Waals surface area contributed by atoms with Crippen LogP contribution in [0.4, 0.5) is 0 Å². The molecule has 0 aliphatic rings. The van der Waals surface area contributed by atoms with E-state index >= 15 is 0 Å². The molecule has 2 atom stereocenters. The molecule has 2 amide bonds. The van der Waals surface area contributed by atoms with Crippen molar-refractivity contribution in [3.8, 4) is 0 Å². The van der Waals surface area contributed by atoms with Crippen molar-refractivity contribution >= 4 is 21.8 Å². The number of nitrogens with zero attached hydrogens (tertiary/aromatic N) is 2. The van der Waals surface area contributed by atoms with Crippen LogP contribution in [-0.2, 0) is 26.2 Å². The average molecular weight is 474 g/mol. The maximum absolute atomic E-state index is 13.4. The van der Waals surface area contributed by atoms with Crippen LogP contribution in [0.3, 0.4) is 0 Å². The van der Waals surface area contributed by atoms with Crippen molar-refractivity contribution in [2.45, 2.75) is 64.1 Å². The van der Waals surface area contributed by atoms with Gasteiger partial charge in [-0.3, -0.25) is 9.59 Å². The second-order valence-electron chi connectivity index (χ2n) is 8.32. The van der Waals surface area contributed by atoms with Crippen LogP contribution in [0.15, 0.2) is 59.5 Å². The SMILES string of the molecule is CC[C@@H](C)NC(=O)[C@@H](CC)N(Cc1ccccc1)C(=O)CN(C)S(=O)(=O)c1ccc(C)cc1. The molecule has 0 saturated carbocycles. The van der Waals surface area contributed by atoms with Gasteiger partial charge in [0.1, 0.15) is 6.04 Å². The monoisotopic (exact) mass is 473 g/mol. The van der Waals surface area contributed by atoms with E-state index in [1.807, 2.05) is 58.0 Å². The van der Waals surface area contributed by atoms with Crippen LogP contribution in [0.1, 0.15) is 44.7 Å². The van der Waals surface area contributed by atoms with Gasteiger partial charge in [-0.1, -0.05) is 61.9 Å². The predicted octanol–water partition coefficient (Wildman–Crippen LogP) is 3.34. The summed E-state index contributed by atoms with van der Waals surface area (Å²) in [6.07, 6.45) is 1.18. The topological polar surface area (TPSA) is 86.8 Å². The van der Waals surface area contributed by atoms with E-state index in [-0.39, 0.29) is 29.9 Å². The molecule has 0 aliphatic carbocycles. The number of hydrogen-bond acceptors (Lipinski definition) is 4. The highest BCUT2D eigenvalue weighted by Crippen LogP contribution is 2.17. The largest absolute Gasteiger partial charge is 0.352 e. The number of sulfonamides is 1. The first-order valence-electron chi connectivity index (χ1n) is 11.3. The van der Waals surface area contributed by atoms with E-state index in [0.717, 1.165) is 21.9 Å². The lowest BCUT2D eigenvalue weighted by Crippen LogP contribution is -2.53.